The zero-order chi connectivity index (χ0) is 17.6. The lowest BCUT2D eigenvalue weighted by Gasteiger charge is -2.30. The summed E-state index contributed by atoms with van der Waals surface area (Å²) in [4.78, 5) is 27.1. The van der Waals surface area contributed by atoms with Crippen LogP contribution in [0.4, 0.5) is 0 Å². The fourth-order valence-corrected chi connectivity index (χ4v) is 2.86. The van der Waals surface area contributed by atoms with Gasteiger partial charge in [-0.15, -0.1) is 0 Å². The largest absolute Gasteiger partial charge is 0.444 e. The van der Waals surface area contributed by atoms with Crippen molar-refractivity contribution in [1.29, 1.82) is 0 Å². The van der Waals surface area contributed by atoms with Crippen LogP contribution in [-0.2, 0) is 14.3 Å². The molecule has 2 aromatic carbocycles. The number of amides is 1. The molecule has 0 aliphatic carbocycles. The third kappa shape index (κ3) is 4.46. The minimum Gasteiger partial charge on any atom is -0.444 e. The Kier molecular flexibility index (Phi) is 5.83. The van der Waals surface area contributed by atoms with Crippen LogP contribution in [0.15, 0.2) is 59.1 Å². The van der Waals surface area contributed by atoms with Gasteiger partial charge >= 0.3 is 5.97 Å². The quantitative estimate of drug-likeness (QED) is 0.735. The van der Waals surface area contributed by atoms with Crippen molar-refractivity contribution in [2.75, 3.05) is 26.3 Å². The van der Waals surface area contributed by atoms with E-state index in [0.717, 1.165) is 4.47 Å². The van der Waals surface area contributed by atoms with Crippen LogP contribution in [0, 0.1) is 0 Å². The van der Waals surface area contributed by atoms with Gasteiger partial charge in [0.2, 0.25) is 6.10 Å². The van der Waals surface area contributed by atoms with Crippen LogP contribution in [0.2, 0.25) is 0 Å². The summed E-state index contributed by atoms with van der Waals surface area (Å²) < 4.78 is 11.8. The van der Waals surface area contributed by atoms with E-state index in [9.17, 15) is 9.59 Å². The van der Waals surface area contributed by atoms with Gasteiger partial charge in [0, 0.05) is 23.1 Å². The number of halogens is 1. The summed E-state index contributed by atoms with van der Waals surface area (Å²) in [7, 11) is 0. The van der Waals surface area contributed by atoms with Crippen LogP contribution < -0.4 is 0 Å². The van der Waals surface area contributed by atoms with E-state index >= 15 is 0 Å². The van der Waals surface area contributed by atoms with E-state index in [2.05, 4.69) is 15.9 Å². The number of carbonyl (C=O) groups is 2. The number of ether oxygens (including phenoxy) is 2. The van der Waals surface area contributed by atoms with E-state index in [1.807, 2.05) is 18.2 Å². The lowest BCUT2D eigenvalue weighted by atomic mass is 10.1. The molecule has 1 aliphatic rings. The van der Waals surface area contributed by atoms with Gasteiger partial charge in [0.1, 0.15) is 0 Å². The second-order valence-corrected chi connectivity index (χ2v) is 6.56. The molecule has 1 heterocycles. The Balaban J connectivity index is 1.82. The predicted molar refractivity (Wildman–Crippen MR) is 96.1 cm³/mol. The molecular formula is C19H18BrNO4. The summed E-state index contributed by atoms with van der Waals surface area (Å²) in [5, 5.41) is 0. The molecule has 1 fully saturated rings. The van der Waals surface area contributed by atoms with Gasteiger partial charge in [0.05, 0.1) is 18.8 Å². The SMILES string of the molecule is O=C(O[C@H](C(=O)N1CCOCC1)c1ccccc1)c1ccc(Br)cc1. The van der Waals surface area contributed by atoms with Crippen molar-refractivity contribution in [1.82, 2.24) is 4.90 Å². The minimum atomic E-state index is -0.963. The molecule has 1 amide bonds. The first-order valence-corrected chi connectivity index (χ1v) is 8.82. The first-order chi connectivity index (χ1) is 12.1. The fourth-order valence-electron chi connectivity index (χ4n) is 2.60. The first kappa shape index (κ1) is 17.6. The number of hydrogen-bond acceptors (Lipinski definition) is 4. The summed E-state index contributed by atoms with van der Waals surface area (Å²) in [6.07, 6.45) is -0.963. The Hall–Kier alpha value is -2.18. The average Bonchev–Trinajstić information content (AvgIpc) is 2.67. The maximum Gasteiger partial charge on any atom is 0.339 e. The molecule has 2 aromatic rings. The van der Waals surface area contributed by atoms with Gasteiger partial charge in [-0.2, -0.15) is 0 Å². The van der Waals surface area contributed by atoms with Crippen LogP contribution in [0.3, 0.4) is 0 Å². The normalized spacial score (nSPS) is 15.5. The van der Waals surface area contributed by atoms with E-state index in [4.69, 9.17) is 9.47 Å². The summed E-state index contributed by atoms with van der Waals surface area (Å²) in [5.74, 6) is -0.747. The molecule has 25 heavy (non-hydrogen) atoms. The van der Waals surface area contributed by atoms with Crippen molar-refractivity contribution in [3.8, 4) is 0 Å². The van der Waals surface area contributed by atoms with Gasteiger partial charge in [-0.25, -0.2) is 4.79 Å². The lowest BCUT2D eigenvalue weighted by Crippen LogP contribution is -2.44. The number of rotatable bonds is 4. The van der Waals surface area contributed by atoms with Gasteiger partial charge in [0.15, 0.2) is 0 Å². The van der Waals surface area contributed by atoms with E-state index in [-0.39, 0.29) is 5.91 Å². The number of benzene rings is 2. The second kappa shape index (κ2) is 8.27. The first-order valence-electron chi connectivity index (χ1n) is 8.03. The minimum absolute atomic E-state index is 0.222. The molecule has 0 radical (unpaired) electrons. The third-order valence-electron chi connectivity index (χ3n) is 3.95. The topological polar surface area (TPSA) is 55.8 Å². The highest BCUT2D eigenvalue weighted by Crippen LogP contribution is 2.23. The molecule has 0 bridgehead atoms. The molecular weight excluding hydrogens is 386 g/mol. The lowest BCUT2D eigenvalue weighted by molar-refractivity contribution is -0.145. The molecule has 1 aliphatic heterocycles. The standard InChI is InChI=1S/C19H18BrNO4/c20-16-8-6-15(7-9-16)19(23)25-17(14-4-2-1-3-5-14)18(22)21-10-12-24-13-11-21/h1-9,17H,10-13H2/t17-/m0/s1. The molecule has 0 spiro atoms. The van der Waals surface area contributed by atoms with E-state index < -0.39 is 12.1 Å². The Morgan fingerprint density at radius 1 is 1.00 bits per heavy atom. The zero-order valence-corrected chi connectivity index (χ0v) is 15.1. The van der Waals surface area contributed by atoms with Crippen LogP contribution in [0.1, 0.15) is 22.0 Å². The van der Waals surface area contributed by atoms with Crippen LogP contribution >= 0.6 is 15.9 Å². The zero-order valence-electron chi connectivity index (χ0n) is 13.6. The highest BCUT2D eigenvalue weighted by molar-refractivity contribution is 9.10. The smallest absolute Gasteiger partial charge is 0.339 e. The molecule has 5 nitrogen and oxygen atoms in total. The molecule has 1 atom stereocenters. The Morgan fingerprint density at radius 3 is 2.28 bits per heavy atom. The van der Waals surface area contributed by atoms with Crippen molar-refractivity contribution in [2.24, 2.45) is 0 Å². The summed E-state index contributed by atoms with van der Waals surface area (Å²) in [5.41, 5.74) is 1.06. The number of morpholine rings is 1. The van der Waals surface area contributed by atoms with Gasteiger partial charge in [-0.3, -0.25) is 4.79 Å². The summed E-state index contributed by atoms with van der Waals surface area (Å²) in [6.45, 7) is 1.98. The summed E-state index contributed by atoms with van der Waals surface area (Å²) >= 11 is 3.33. The molecule has 6 heteroatoms. The maximum atomic E-state index is 12.9. The number of hydrogen-bond donors (Lipinski definition) is 0. The van der Waals surface area contributed by atoms with Crippen LogP contribution in [-0.4, -0.2) is 43.1 Å². The summed E-state index contributed by atoms with van der Waals surface area (Å²) in [6, 6.07) is 15.9. The van der Waals surface area contributed by atoms with Gasteiger partial charge in [-0.1, -0.05) is 46.3 Å². The Bertz CT molecular complexity index is 727. The predicted octanol–water partition coefficient (Wildman–Crippen LogP) is 3.21. The third-order valence-corrected chi connectivity index (χ3v) is 4.48. The maximum absolute atomic E-state index is 12.9. The second-order valence-electron chi connectivity index (χ2n) is 5.64. The van der Waals surface area contributed by atoms with Gasteiger partial charge in [-0.05, 0) is 24.3 Å². The van der Waals surface area contributed by atoms with Crippen molar-refractivity contribution < 1.29 is 19.1 Å². The van der Waals surface area contributed by atoms with Crippen LogP contribution in [0.5, 0.6) is 0 Å². The van der Waals surface area contributed by atoms with Gasteiger partial charge in [0.25, 0.3) is 5.91 Å². The van der Waals surface area contributed by atoms with E-state index in [0.29, 0.717) is 37.4 Å². The average molecular weight is 404 g/mol. The number of esters is 1. The molecule has 1 saturated heterocycles. The van der Waals surface area contributed by atoms with Crippen molar-refractivity contribution in [3.05, 3.63) is 70.2 Å². The monoisotopic (exact) mass is 403 g/mol. The highest BCUT2D eigenvalue weighted by atomic mass is 79.9. The van der Waals surface area contributed by atoms with Crippen molar-refractivity contribution in [3.63, 3.8) is 0 Å². The molecule has 130 valence electrons. The Labute approximate surface area is 154 Å². The highest BCUT2D eigenvalue weighted by Gasteiger charge is 2.30. The number of nitrogens with zero attached hydrogens (tertiary/aromatic N) is 1. The molecule has 0 aromatic heterocycles. The van der Waals surface area contributed by atoms with Crippen molar-refractivity contribution >= 4 is 27.8 Å². The van der Waals surface area contributed by atoms with E-state index in [1.165, 1.54) is 0 Å². The van der Waals surface area contributed by atoms with Gasteiger partial charge < -0.3 is 14.4 Å². The molecule has 0 N–H and O–H groups in total. The fraction of sp³-hybridized carbons (Fsp3) is 0.263. The van der Waals surface area contributed by atoms with E-state index in [1.54, 1.807) is 41.3 Å². The Morgan fingerprint density at radius 2 is 1.64 bits per heavy atom. The molecule has 0 unspecified atom stereocenters. The number of carbonyl (C=O) groups excluding carboxylic acids is 2. The molecule has 3 rings (SSSR count). The van der Waals surface area contributed by atoms with Crippen molar-refractivity contribution in [2.45, 2.75) is 6.10 Å². The van der Waals surface area contributed by atoms with Crippen LogP contribution in [0.25, 0.3) is 0 Å². The molecule has 0 saturated carbocycles.